The number of nitrogens with one attached hydrogen (secondary N) is 1. The van der Waals surface area contributed by atoms with Gasteiger partial charge in [0.25, 0.3) is 0 Å². The number of rotatable bonds is 6. The lowest BCUT2D eigenvalue weighted by atomic mass is 10.1. The van der Waals surface area contributed by atoms with E-state index >= 15 is 0 Å². The number of para-hydroxylation sites is 1. The monoisotopic (exact) mass is 271 g/mol. The van der Waals surface area contributed by atoms with Gasteiger partial charge in [0.15, 0.2) is 0 Å². The summed E-state index contributed by atoms with van der Waals surface area (Å²) in [5, 5.41) is 3.13. The van der Waals surface area contributed by atoms with Crippen LogP contribution in [0.25, 0.3) is 0 Å². The fourth-order valence-electron chi connectivity index (χ4n) is 1.90. The molecule has 1 N–H and O–H groups in total. The van der Waals surface area contributed by atoms with Crippen LogP contribution in [0.5, 0.6) is 5.75 Å². The van der Waals surface area contributed by atoms with Crippen molar-refractivity contribution in [1.29, 1.82) is 0 Å². The van der Waals surface area contributed by atoms with Crippen LogP contribution in [0.15, 0.2) is 55.1 Å². The Hall–Kier alpha value is -2.29. The van der Waals surface area contributed by atoms with Crippen molar-refractivity contribution in [2.45, 2.75) is 13.5 Å². The lowest BCUT2D eigenvalue weighted by molar-refractivity contribution is 0.363. The molecule has 0 amide bonds. The SMILES string of the molecule is C=CCOc1ccc(CNc2c(C)cccc2F)cc1. The molecule has 0 aliphatic rings. The largest absolute Gasteiger partial charge is 0.490 e. The molecule has 0 radical (unpaired) electrons. The van der Waals surface area contributed by atoms with Crippen molar-refractivity contribution in [3.05, 3.63) is 72.1 Å². The summed E-state index contributed by atoms with van der Waals surface area (Å²) < 4.78 is 19.1. The molecule has 2 aromatic carbocycles. The molecule has 0 saturated carbocycles. The molecule has 3 heteroatoms. The summed E-state index contributed by atoms with van der Waals surface area (Å²) >= 11 is 0. The summed E-state index contributed by atoms with van der Waals surface area (Å²) in [6.45, 7) is 6.55. The van der Waals surface area contributed by atoms with Gasteiger partial charge in [0.2, 0.25) is 0 Å². The number of hydrogen-bond donors (Lipinski definition) is 1. The second-order valence-corrected chi connectivity index (χ2v) is 4.53. The Morgan fingerprint density at radius 3 is 2.60 bits per heavy atom. The van der Waals surface area contributed by atoms with E-state index in [0.717, 1.165) is 16.9 Å². The molecule has 0 bridgehead atoms. The van der Waals surface area contributed by atoms with E-state index in [-0.39, 0.29) is 5.82 Å². The van der Waals surface area contributed by atoms with Gasteiger partial charge in [0.05, 0.1) is 5.69 Å². The third-order valence-electron chi connectivity index (χ3n) is 2.98. The van der Waals surface area contributed by atoms with Crippen LogP contribution in [0, 0.1) is 12.7 Å². The van der Waals surface area contributed by atoms with E-state index in [1.54, 1.807) is 12.1 Å². The normalized spacial score (nSPS) is 10.1. The van der Waals surface area contributed by atoms with Gasteiger partial charge in [0, 0.05) is 6.54 Å². The third kappa shape index (κ3) is 3.60. The van der Waals surface area contributed by atoms with E-state index in [1.807, 2.05) is 37.3 Å². The molecule has 0 aromatic heterocycles. The van der Waals surface area contributed by atoms with Gasteiger partial charge in [-0.2, -0.15) is 0 Å². The van der Waals surface area contributed by atoms with Crippen molar-refractivity contribution in [2.24, 2.45) is 0 Å². The van der Waals surface area contributed by atoms with Crippen molar-refractivity contribution >= 4 is 5.69 Å². The Kier molecular flexibility index (Phi) is 4.77. The van der Waals surface area contributed by atoms with Crippen LogP contribution >= 0.6 is 0 Å². The van der Waals surface area contributed by atoms with Crippen molar-refractivity contribution in [2.75, 3.05) is 11.9 Å². The Balaban J connectivity index is 1.98. The molecule has 2 aromatic rings. The molecule has 0 spiro atoms. The zero-order chi connectivity index (χ0) is 14.4. The van der Waals surface area contributed by atoms with E-state index in [9.17, 15) is 4.39 Å². The molecule has 0 aliphatic carbocycles. The average molecular weight is 271 g/mol. The summed E-state index contributed by atoms with van der Waals surface area (Å²) in [6, 6.07) is 12.8. The van der Waals surface area contributed by atoms with Crippen molar-refractivity contribution < 1.29 is 9.13 Å². The molecule has 20 heavy (non-hydrogen) atoms. The number of aryl methyl sites for hydroxylation is 1. The first-order valence-electron chi connectivity index (χ1n) is 6.52. The number of anilines is 1. The zero-order valence-electron chi connectivity index (χ0n) is 11.5. The Labute approximate surface area is 118 Å². The Morgan fingerprint density at radius 1 is 1.20 bits per heavy atom. The predicted octanol–water partition coefficient (Wildman–Crippen LogP) is 4.31. The molecule has 0 saturated heterocycles. The average Bonchev–Trinajstić information content (AvgIpc) is 2.46. The Morgan fingerprint density at radius 2 is 1.95 bits per heavy atom. The number of ether oxygens (including phenoxy) is 1. The van der Waals surface area contributed by atoms with E-state index in [2.05, 4.69) is 11.9 Å². The van der Waals surface area contributed by atoms with Crippen molar-refractivity contribution in [3.8, 4) is 5.75 Å². The van der Waals surface area contributed by atoms with Gasteiger partial charge in [-0.3, -0.25) is 0 Å². The van der Waals surface area contributed by atoms with Gasteiger partial charge in [-0.1, -0.05) is 36.9 Å². The summed E-state index contributed by atoms with van der Waals surface area (Å²) in [4.78, 5) is 0. The quantitative estimate of drug-likeness (QED) is 0.790. The summed E-state index contributed by atoms with van der Waals surface area (Å²) in [6.07, 6.45) is 1.70. The summed E-state index contributed by atoms with van der Waals surface area (Å²) in [7, 11) is 0. The van der Waals surface area contributed by atoms with Gasteiger partial charge in [-0.15, -0.1) is 0 Å². The second kappa shape index (κ2) is 6.75. The highest BCUT2D eigenvalue weighted by Crippen LogP contribution is 2.20. The van der Waals surface area contributed by atoms with Gasteiger partial charge in [0.1, 0.15) is 18.2 Å². The highest BCUT2D eigenvalue weighted by Gasteiger charge is 2.04. The topological polar surface area (TPSA) is 21.3 Å². The zero-order valence-corrected chi connectivity index (χ0v) is 11.5. The molecule has 2 nitrogen and oxygen atoms in total. The van der Waals surface area contributed by atoms with Gasteiger partial charge in [-0.05, 0) is 36.2 Å². The first-order chi connectivity index (χ1) is 9.70. The van der Waals surface area contributed by atoms with Gasteiger partial charge in [-0.25, -0.2) is 4.39 Å². The van der Waals surface area contributed by atoms with E-state index in [4.69, 9.17) is 4.74 Å². The number of hydrogen-bond acceptors (Lipinski definition) is 2. The molecule has 104 valence electrons. The van der Waals surface area contributed by atoms with Crippen LogP contribution in [0.4, 0.5) is 10.1 Å². The van der Waals surface area contributed by atoms with Crippen LogP contribution in [0.1, 0.15) is 11.1 Å². The van der Waals surface area contributed by atoms with Crippen molar-refractivity contribution in [1.82, 2.24) is 0 Å². The minimum absolute atomic E-state index is 0.226. The third-order valence-corrected chi connectivity index (χ3v) is 2.98. The molecule has 0 fully saturated rings. The Bertz CT molecular complexity index is 558. The highest BCUT2D eigenvalue weighted by molar-refractivity contribution is 5.52. The molecule has 0 aliphatic heterocycles. The van der Waals surface area contributed by atoms with Crippen LogP contribution in [-0.4, -0.2) is 6.61 Å². The smallest absolute Gasteiger partial charge is 0.146 e. The fourth-order valence-corrected chi connectivity index (χ4v) is 1.90. The van der Waals surface area contributed by atoms with Crippen LogP contribution in [-0.2, 0) is 6.54 Å². The first-order valence-corrected chi connectivity index (χ1v) is 6.52. The van der Waals surface area contributed by atoms with Crippen LogP contribution < -0.4 is 10.1 Å². The van der Waals surface area contributed by atoms with E-state index < -0.39 is 0 Å². The maximum absolute atomic E-state index is 13.7. The van der Waals surface area contributed by atoms with Crippen molar-refractivity contribution in [3.63, 3.8) is 0 Å². The predicted molar refractivity (Wildman–Crippen MR) is 80.6 cm³/mol. The summed E-state index contributed by atoms with van der Waals surface area (Å²) in [5.41, 5.74) is 2.52. The maximum Gasteiger partial charge on any atom is 0.146 e. The van der Waals surface area contributed by atoms with Gasteiger partial charge < -0.3 is 10.1 Å². The highest BCUT2D eigenvalue weighted by atomic mass is 19.1. The second-order valence-electron chi connectivity index (χ2n) is 4.53. The lowest BCUT2D eigenvalue weighted by Crippen LogP contribution is -2.03. The maximum atomic E-state index is 13.7. The minimum Gasteiger partial charge on any atom is -0.490 e. The molecule has 0 atom stereocenters. The molecule has 0 unspecified atom stereocenters. The fraction of sp³-hybridized carbons (Fsp3) is 0.176. The molecule has 0 heterocycles. The number of halogens is 1. The van der Waals surface area contributed by atoms with Crippen LogP contribution in [0.3, 0.4) is 0 Å². The number of benzene rings is 2. The first kappa shape index (κ1) is 14.1. The van der Waals surface area contributed by atoms with E-state index in [1.165, 1.54) is 6.07 Å². The summed E-state index contributed by atoms with van der Waals surface area (Å²) in [5.74, 6) is 0.576. The van der Waals surface area contributed by atoms with E-state index in [0.29, 0.717) is 18.8 Å². The molecule has 2 rings (SSSR count). The molecular formula is C17H18FNO. The van der Waals surface area contributed by atoms with Gasteiger partial charge >= 0.3 is 0 Å². The standard InChI is InChI=1S/C17H18FNO/c1-3-11-20-15-9-7-14(8-10-15)12-19-17-13(2)5-4-6-16(17)18/h3-10,19H,1,11-12H2,2H3. The minimum atomic E-state index is -0.226. The van der Waals surface area contributed by atoms with Crippen LogP contribution in [0.2, 0.25) is 0 Å². The molecular weight excluding hydrogens is 253 g/mol. The lowest BCUT2D eigenvalue weighted by Gasteiger charge is -2.11.